The van der Waals surface area contributed by atoms with Crippen LogP contribution < -0.4 is 0 Å². The average Bonchev–Trinajstić information content (AvgIpc) is 3.18. The molecule has 1 aliphatic heterocycles. The lowest BCUT2D eigenvalue weighted by molar-refractivity contribution is 0.0992. The molecule has 29 heavy (non-hydrogen) atoms. The summed E-state index contributed by atoms with van der Waals surface area (Å²) in [5, 5.41) is 2.19. The van der Waals surface area contributed by atoms with Crippen LogP contribution >= 0.6 is 0 Å². The molecule has 0 saturated heterocycles. The van der Waals surface area contributed by atoms with E-state index < -0.39 is 0 Å². The number of aromatic nitrogens is 3. The number of carbonyl (C=O) groups is 1. The van der Waals surface area contributed by atoms with Gasteiger partial charge < -0.3 is 4.57 Å². The Balaban J connectivity index is 1.46. The van der Waals surface area contributed by atoms with Crippen molar-refractivity contribution in [3.63, 3.8) is 0 Å². The van der Waals surface area contributed by atoms with E-state index in [1.54, 1.807) is 0 Å². The molecule has 0 bridgehead atoms. The number of carbonyl (C=O) groups excluding carboxylic acids is 1. The van der Waals surface area contributed by atoms with Crippen LogP contribution in [-0.2, 0) is 19.4 Å². The highest BCUT2D eigenvalue weighted by Gasteiger charge is 2.15. The summed E-state index contributed by atoms with van der Waals surface area (Å²) < 4.78 is 2.34. The van der Waals surface area contributed by atoms with E-state index in [9.17, 15) is 4.79 Å². The quantitative estimate of drug-likeness (QED) is 0.458. The van der Waals surface area contributed by atoms with Gasteiger partial charge in [-0.2, -0.15) is 0 Å². The molecule has 0 atom stereocenters. The van der Waals surface area contributed by atoms with Gasteiger partial charge in [0.2, 0.25) is 0 Å². The largest absolute Gasteiger partial charge is 0.328 e. The molecule has 0 fully saturated rings. The third-order valence-corrected chi connectivity index (χ3v) is 5.76. The number of hydrogen-bond acceptors (Lipinski definition) is 3. The van der Waals surface area contributed by atoms with Gasteiger partial charge in [0.15, 0.2) is 5.78 Å². The average molecular weight is 381 g/mol. The first kappa shape index (κ1) is 17.8. The maximum Gasteiger partial charge on any atom is 0.168 e. The molecule has 4 nitrogen and oxygen atoms in total. The second-order valence-corrected chi connectivity index (χ2v) is 7.87. The summed E-state index contributed by atoms with van der Waals surface area (Å²) in [7, 11) is 0. The van der Waals surface area contributed by atoms with Crippen LogP contribution in [0.4, 0.5) is 0 Å². The summed E-state index contributed by atoms with van der Waals surface area (Å²) in [6, 6.07) is 16.2. The number of benzene rings is 2. The lowest BCUT2D eigenvalue weighted by Crippen LogP contribution is -2.11. The van der Waals surface area contributed by atoms with E-state index in [-0.39, 0.29) is 5.78 Å². The molecule has 5 rings (SSSR count). The summed E-state index contributed by atoms with van der Waals surface area (Å²) in [5.74, 6) is 1.28. The summed E-state index contributed by atoms with van der Waals surface area (Å²) in [6.45, 7) is 3.06. The third kappa shape index (κ3) is 3.46. The van der Waals surface area contributed by atoms with Gasteiger partial charge in [0.05, 0.1) is 18.3 Å². The Hall–Kier alpha value is -3.27. The van der Waals surface area contributed by atoms with Gasteiger partial charge in [0.25, 0.3) is 0 Å². The van der Waals surface area contributed by atoms with E-state index in [2.05, 4.69) is 32.7 Å². The van der Waals surface area contributed by atoms with Crippen LogP contribution in [0.5, 0.6) is 0 Å². The molecule has 0 saturated carbocycles. The first-order valence-corrected chi connectivity index (χ1v) is 10.2. The Morgan fingerprint density at radius 2 is 1.83 bits per heavy atom. The summed E-state index contributed by atoms with van der Waals surface area (Å²) in [5.41, 5.74) is 5.03. The first-order chi connectivity index (χ1) is 14.2. The fourth-order valence-corrected chi connectivity index (χ4v) is 4.10. The highest BCUT2D eigenvalue weighted by Crippen LogP contribution is 2.28. The van der Waals surface area contributed by atoms with Crippen LogP contribution in [0.3, 0.4) is 0 Å². The van der Waals surface area contributed by atoms with Crippen molar-refractivity contribution in [3.05, 3.63) is 83.6 Å². The number of Topliss-reactive ketones (excluding diaryl/α,β-unsaturated/α-hetero) is 1. The van der Waals surface area contributed by atoms with Crippen molar-refractivity contribution in [2.24, 2.45) is 0 Å². The van der Waals surface area contributed by atoms with E-state index in [1.807, 2.05) is 49.6 Å². The molecule has 0 N–H and O–H groups in total. The Labute approximate surface area is 170 Å². The molecule has 1 aliphatic rings. The molecule has 0 spiro atoms. The molecule has 2 aromatic carbocycles. The SMILES string of the molecule is Cc1ccc(C(=O)Cc2cc3cc(-c4cnc5n4CCCC5)ccc3cn2)cc1. The van der Waals surface area contributed by atoms with Gasteiger partial charge in [0, 0.05) is 41.4 Å². The monoisotopic (exact) mass is 381 g/mol. The Bertz CT molecular complexity index is 1200. The van der Waals surface area contributed by atoms with Gasteiger partial charge >= 0.3 is 0 Å². The highest BCUT2D eigenvalue weighted by molar-refractivity contribution is 5.98. The summed E-state index contributed by atoms with van der Waals surface area (Å²) in [4.78, 5) is 21.8. The van der Waals surface area contributed by atoms with Crippen LogP contribution in [0.25, 0.3) is 22.0 Å². The van der Waals surface area contributed by atoms with Crippen molar-refractivity contribution < 1.29 is 4.79 Å². The summed E-state index contributed by atoms with van der Waals surface area (Å²) >= 11 is 0. The number of hydrogen-bond donors (Lipinski definition) is 0. The van der Waals surface area contributed by atoms with Gasteiger partial charge in [-0.05, 0) is 37.3 Å². The Morgan fingerprint density at radius 3 is 2.69 bits per heavy atom. The number of rotatable bonds is 4. The molecule has 0 unspecified atom stereocenters. The molecule has 0 amide bonds. The smallest absolute Gasteiger partial charge is 0.168 e. The van der Waals surface area contributed by atoms with Gasteiger partial charge in [0.1, 0.15) is 5.82 Å². The second-order valence-electron chi connectivity index (χ2n) is 7.87. The maximum absolute atomic E-state index is 12.6. The minimum absolute atomic E-state index is 0.0952. The molecule has 144 valence electrons. The van der Waals surface area contributed by atoms with Crippen molar-refractivity contribution in [1.82, 2.24) is 14.5 Å². The highest BCUT2D eigenvalue weighted by atomic mass is 16.1. The van der Waals surface area contributed by atoms with Crippen molar-refractivity contribution in [1.29, 1.82) is 0 Å². The molecule has 2 aromatic heterocycles. The molecule has 4 aromatic rings. The molecule has 0 radical (unpaired) electrons. The topological polar surface area (TPSA) is 47.8 Å². The van der Waals surface area contributed by atoms with Crippen molar-refractivity contribution in [2.45, 2.75) is 39.2 Å². The molecular formula is C25H23N3O. The van der Waals surface area contributed by atoms with Crippen LogP contribution in [-0.4, -0.2) is 20.3 Å². The predicted octanol–water partition coefficient (Wildman–Crippen LogP) is 5.17. The summed E-state index contributed by atoms with van der Waals surface area (Å²) in [6.07, 6.45) is 7.65. The number of ketones is 1. The lowest BCUT2D eigenvalue weighted by atomic mass is 10.0. The molecule has 4 heteroatoms. The zero-order valence-corrected chi connectivity index (χ0v) is 16.6. The number of imidazole rings is 1. The van der Waals surface area contributed by atoms with Crippen LogP contribution in [0.15, 0.2) is 60.9 Å². The number of fused-ring (bicyclic) bond motifs is 2. The number of aryl methyl sites for hydroxylation is 2. The maximum atomic E-state index is 12.6. The zero-order chi connectivity index (χ0) is 19.8. The number of nitrogens with zero attached hydrogens (tertiary/aromatic N) is 3. The second kappa shape index (κ2) is 7.28. The molecular weight excluding hydrogens is 358 g/mol. The van der Waals surface area contributed by atoms with Crippen molar-refractivity contribution in [3.8, 4) is 11.3 Å². The molecule has 0 aliphatic carbocycles. The Morgan fingerprint density at radius 1 is 0.966 bits per heavy atom. The van der Waals surface area contributed by atoms with E-state index in [0.29, 0.717) is 6.42 Å². The fraction of sp³-hybridized carbons (Fsp3) is 0.240. The normalized spacial score (nSPS) is 13.4. The van der Waals surface area contributed by atoms with E-state index in [4.69, 9.17) is 0 Å². The predicted molar refractivity (Wildman–Crippen MR) is 115 cm³/mol. The zero-order valence-electron chi connectivity index (χ0n) is 16.6. The van der Waals surface area contributed by atoms with Gasteiger partial charge in [-0.1, -0.05) is 42.0 Å². The standard InChI is InChI=1S/C25H23N3O/c1-17-5-7-18(8-6-17)24(29)14-22-13-21-12-19(9-10-20(21)15-26-22)23-16-27-25-4-2-3-11-28(23)25/h5-10,12-13,15-16H,2-4,11,14H2,1H3. The van der Waals surface area contributed by atoms with Crippen LogP contribution in [0.1, 0.15) is 40.3 Å². The van der Waals surface area contributed by atoms with E-state index in [1.165, 1.54) is 29.9 Å². The van der Waals surface area contributed by atoms with Gasteiger partial charge in [-0.15, -0.1) is 0 Å². The van der Waals surface area contributed by atoms with Crippen LogP contribution in [0, 0.1) is 6.92 Å². The van der Waals surface area contributed by atoms with Crippen molar-refractivity contribution >= 4 is 16.6 Å². The fourth-order valence-electron chi connectivity index (χ4n) is 4.10. The van der Waals surface area contributed by atoms with Crippen LogP contribution in [0.2, 0.25) is 0 Å². The number of pyridine rings is 1. The van der Waals surface area contributed by atoms with Gasteiger partial charge in [-0.3, -0.25) is 9.78 Å². The van der Waals surface area contributed by atoms with Crippen molar-refractivity contribution in [2.75, 3.05) is 0 Å². The Kier molecular flexibility index (Phi) is 4.47. The minimum atomic E-state index is 0.0952. The lowest BCUT2D eigenvalue weighted by Gasteiger charge is -2.16. The molecule has 3 heterocycles. The third-order valence-electron chi connectivity index (χ3n) is 5.76. The van der Waals surface area contributed by atoms with E-state index in [0.717, 1.165) is 40.6 Å². The minimum Gasteiger partial charge on any atom is -0.328 e. The first-order valence-electron chi connectivity index (χ1n) is 10.2. The van der Waals surface area contributed by atoms with Gasteiger partial charge in [-0.25, -0.2) is 4.98 Å². The van der Waals surface area contributed by atoms with E-state index >= 15 is 0 Å².